The van der Waals surface area contributed by atoms with Gasteiger partial charge in [0.15, 0.2) is 6.10 Å². The number of carbonyl (C=O) groups is 3. The van der Waals surface area contributed by atoms with E-state index in [0.717, 1.165) is 64.2 Å². The molecule has 0 aromatic heterocycles. The van der Waals surface area contributed by atoms with Gasteiger partial charge in [-0.2, -0.15) is 0 Å². The largest absolute Gasteiger partial charge is 0.462 e. The van der Waals surface area contributed by atoms with Crippen LogP contribution in [-0.2, 0) is 28.6 Å². The first kappa shape index (κ1) is 50.6. The first-order valence-electron chi connectivity index (χ1n) is 22.5. The Labute approximate surface area is 327 Å². The Hall–Kier alpha value is -2.37. The summed E-state index contributed by atoms with van der Waals surface area (Å²) in [7, 11) is 0. The number of rotatable bonds is 40. The molecule has 1 unspecified atom stereocenters. The molecule has 0 aliphatic heterocycles. The lowest BCUT2D eigenvalue weighted by atomic mass is 10.0. The predicted octanol–water partition coefficient (Wildman–Crippen LogP) is 14.2. The van der Waals surface area contributed by atoms with Gasteiger partial charge in [0.2, 0.25) is 0 Å². The van der Waals surface area contributed by atoms with Crippen molar-refractivity contribution in [1.82, 2.24) is 0 Å². The molecule has 308 valence electrons. The highest BCUT2D eigenvalue weighted by Crippen LogP contribution is 2.15. The van der Waals surface area contributed by atoms with E-state index in [1.807, 2.05) is 0 Å². The van der Waals surface area contributed by atoms with Crippen LogP contribution in [0.5, 0.6) is 0 Å². The topological polar surface area (TPSA) is 78.9 Å². The van der Waals surface area contributed by atoms with Crippen molar-refractivity contribution in [3.05, 3.63) is 36.5 Å². The molecule has 0 spiro atoms. The minimum absolute atomic E-state index is 0.0889. The van der Waals surface area contributed by atoms with Crippen molar-refractivity contribution in [2.24, 2.45) is 0 Å². The number of carbonyl (C=O) groups excluding carboxylic acids is 3. The molecule has 0 heterocycles. The van der Waals surface area contributed by atoms with Crippen LogP contribution in [0.1, 0.15) is 226 Å². The molecule has 0 radical (unpaired) electrons. The molecule has 0 amide bonds. The highest BCUT2D eigenvalue weighted by atomic mass is 16.6. The number of unbranched alkanes of at least 4 members (excludes halogenated alkanes) is 23. The van der Waals surface area contributed by atoms with Gasteiger partial charge in [0.05, 0.1) is 0 Å². The maximum absolute atomic E-state index is 12.6. The van der Waals surface area contributed by atoms with Crippen LogP contribution in [0.15, 0.2) is 36.5 Å². The zero-order valence-corrected chi connectivity index (χ0v) is 35.0. The van der Waals surface area contributed by atoms with Gasteiger partial charge in [-0.3, -0.25) is 14.4 Å². The van der Waals surface area contributed by atoms with Crippen molar-refractivity contribution in [3.8, 4) is 0 Å². The van der Waals surface area contributed by atoms with E-state index in [1.54, 1.807) is 0 Å². The van der Waals surface area contributed by atoms with Crippen molar-refractivity contribution >= 4 is 17.9 Å². The van der Waals surface area contributed by atoms with Crippen molar-refractivity contribution in [2.75, 3.05) is 13.2 Å². The predicted molar refractivity (Wildman–Crippen MR) is 224 cm³/mol. The number of allylic oxidation sites excluding steroid dienone is 6. The van der Waals surface area contributed by atoms with E-state index in [2.05, 4.69) is 57.2 Å². The molecule has 53 heavy (non-hydrogen) atoms. The summed E-state index contributed by atoms with van der Waals surface area (Å²) in [6, 6.07) is 0. The Kier molecular flexibility index (Phi) is 40.5. The second kappa shape index (κ2) is 42.4. The lowest BCUT2D eigenvalue weighted by Gasteiger charge is -2.18. The Morgan fingerprint density at radius 1 is 0.396 bits per heavy atom. The van der Waals surface area contributed by atoms with Crippen LogP contribution in [-0.4, -0.2) is 37.2 Å². The second-order valence-corrected chi connectivity index (χ2v) is 14.9. The van der Waals surface area contributed by atoms with E-state index in [4.69, 9.17) is 14.2 Å². The van der Waals surface area contributed by atoms with E-state index in [9.17, 15) is 14.4 Å². The van der Waals surface area contributed by atoms with Crippen LogP contribution in [0.4, 0.5) is 0 Å². The molecule has 0 bridgehead atoms. The third kappa shape index (κ3) is 40.6. The van der Waals surface area contributed by atoms with E-state index in [1.165, 1.54) is 116 Å². The van der Waals surface area contributed by atoms with Gasteiger partial charge < -0.3 is 14.2 Å². The average Bonchev–Trinajstić information content (AvgIpc) is 3.15. The standard InChI is InChI=1S/C47H84O6/c1-4-7-10-13-16-19-22-23-24-26-28-31-34-37-40-46(49)52-43-44(42-51-45(48)39-36-33-30-27-21-18-15-12-9-6-3)53-47(50)41-38-35-32-29-25-20-17-14-11-8-5-2/h8,11,17,20,29,32,44H,4-7,9-10,12-16,18-19,21-28,30-31,33-43H2,1-3H3/b11-8-,20-17-,32-29-. The Balaban J connectivity index is 4.39. The fourth-order valence-corrected chi connectivity index (χ4v) is 6.29. The number of esters is 3. The molecular weight excluding hydrogens is 661 g/mol. The molecule has 0 aliphatic carbocycles. The maximum Gasteiger partial charge on any atom is 0.306 e. The molecule has 0 aromatic rings. The molecule has 0 saturated heterocycles. The fraction of sp³-hybridized carbons (Fsp3) is 0.809. The summed E-state index contributed by atoms with van der Waals surface area (Å²) in [4.78, 5) is 37.6. The third-order valence-electron chi connectivity index (χ3n) is 9.66. The van der Waals surface area contributed by atoms with Gasteiger partial charge in [-0.05, 0) is 44.9 Å². The minimum Gasteiger partial charge on any atom is -0.462 e. The van der Waals surface area contributed by atoms with Crippen LogP contribution in [0.3, 0.4) is 0 Å². The molecule has 0 rings (SSSR count). The number of hydrogen-bond donors (Lipinski definition) is 0. The first-order valence-corrected chi connectivity index (χ1v) is 22.5. The molecular formula is C47H84O6. The summed E-state index contributed by atoms with van der Waals surface area (Å²) in [5.41, 5.74) is 0. The lowest BCUT2D eigenvalue weighted by Crippen LogP contribution is -2.30. The second-order valence-electron chi connectivity index (χ2n) is 14.9. The third-order valence-corrected chi connectivity index (χ3v) is 9.66. The lowest BCUT2D eigenvalue weighted by molar-refractivity contribution is -0.167. The monoisotopic (exact) mass is 745 g/mol. The van der Waals surface area contributed by atoms with E-state index in [0.29, 0.717) is 19.3 Å². The zero-order valence-electron chi connectivity index (χ0n) is 35.0. The quantitative estimate of drug-likeness (QED) is 0.0269. The maximum atomic E-state index is 12.6. The Morgan fingerprint density at radius 2 is 0.736 bits per heavy atom. The van der Waals surface area contributed by atoms with Gasteiger partial charge in [0, 0.05) is 19.3 Å². The summed E-state index contributed by atoms with van der Waals surface area (Å²) >= 11 is 0. The van der Waals surface area contributed by atoms with Crippen LogP contribution >= 0.6 is 0 Å². The van der Waals surface area contributed by atoms with Crippen LogP contribution < -0.4 is 0 Å². The van der Waals surface area contributed by atoms with Gasteiger partial charge >= 0.3 is 17.9 Å². The van der Waals surface area contributed by atoms with Crippen molar-refractivity contribution in [3.63, 3.8) is 0 Å². The average molecular weight is 745 g/mol. The molecule has 0 fully saturated rings. The molecule has 0 aromatic carbocycles. The molecule has 1 atom stereocenters. The Morgan fingerprint density at radius 3 is 1.13 bits per heavy atom. The first-order chi connectivity index (χ1) is 26.0. The van der Waals surface area contributed by atoms with Gasteiger partial charge in [0.25, 0.3) is 0 Å². The molecule has 0 saturated carbocycles. The minimum atomic E-state index is -0.790. The smallest absolute Gasteiger partial charge is 0.306 e. The summed E-state index contributed by atoms with van der Waals surface area (Å²) in [6.07, 6.45) is 47.1. The van der Waals surface area contributed by atoms with Gasteiger partial charge in [0.1, 0.15) is 13.2 Å². The van der Waals surface area contributed by atoms with E-state index < -0.39 is 6.10 Å². The molecule has 0 N–H and O–H groups in total. The van der Waals surface area contributed by atoms with E-state index in [-0.39, 0.29) is 37.5 Å². The highest BCUT2D eigenvalue weighted by Gasteiger charge is 2.19. The number of ether oxygens (including phenoxy) is 3. The zero-order chi connectivity index (χ0) is 38.7. The summed E-state index contributed by atoms with van der Waals surface area (Å²) in [6.45, 7) is 6.46. The van der Waals surface area contributed by atoms with Crippen molar-refractivity contribution < 1.29 is 28.6 Å². The van der Waals surface area contributed by atoms with E-state index >= 15 is 0 Å². The fourth-order valence-electron chi connectivity index (χ4n) is 6.29. The SMILES string of the molecule is CC/C=C\C/C=C\C/C=C\CCCC(=O)OC(COC(=O)CCCCCCCCCCCC)COC(=O)CCCCCCCCCCCCCCCC. The van der Waals surface area contributed by atoms with Crippen LogP contribution in [0.25, 0.3) is 0 Å². The van der Waals surface area contributed by atoms with Crippen molar-refractivity contribution in [2.45, 2.75) is 232 Å². The van der Waals surface area contributed by atoms with Crippen LogP contribution in [0, 0.1) is 0 Å². The Bertz CT molecular complexity index is 907. The summed E-state index contributed by atoms with van der Waals surface area (Å²) < 4.78 is 16.6. The summed E-state index contributed by atoms with van der Waals surface area (Å²) in [5.74, 6) is -0.943. The summed E-state index contributed by atoms with van der Waals surface area (Å²) in [5, 5.41) is 0. The van der Waals surface area contributed by atoms with Gasteiger partial charge in [-0.1, -0.05) is 198 Å². The highest BCUT2D eigenvalue weighted by molar-refractivity contribution is 5.71. The van der Waals surface area contributed by atoms with Crippen LogP contribution in [0.2, 0.25) is 0 Å². The van der Waals surface area contributed by atoms with Gasteiger partial charge in [-0.15, -0.1) is 0 Å². The van der Waals surface area contributed by atoms with Gasteiger partial charge in [-0.25, -0.2) is 0 Å². The molecule has 6 heteroatoms. The van der Waals surface area contributed by atoms with Crippen molar-refractivity contribution in [1.29, 1.82) is 0 Å². The normalized spacial score (nSPS) is 12.3. The molecule has 6 nitrogen and oxygen atoms in total. The number of hydrogen-bond acceptors (Lipinski definition) is 6. The molecule has 0 aliphatic rings.